The predicted molar refractivity (Wildman–Crippen MR) is 77.9 cm³/mol. The first-order valence-electron chi connectivity index (χ1n) is 7.03. The van der Waals surface area contributed by atoms with E-state index in [2.05, 4.69) is 10.2 Å². The van der Waals surface area contributed by atoms with Gasteiger partial charge in [0.15, 0.2) is 5.16 Å². The maximum absolute atomic E-state index is 12.0. The summed E-state index contributed by atoms with van der Waals surface area (Å²) < 4.78 is 6.86. The highest BCUT2D eigenvalue weighted by Gasteiger charge is 2.26. The Hall–Kier alpha value is -1.57. The van der Waals surface area contributed by atoms with Crippen molar-refractivity contribution in [2.75, 3.05) is 26.0 Å². The van der Waals surface area contributed by atoms with Crippen LogP contribution in [0.5, 0.6) is 0 Å². The summed E-state index contributed by atoms with van der Waals surface area (Å²) in [6.07, 6.45) is 4.24. The van der Waals surface area contributed by atoms with Gasteiger partial charge in [-0.05, 0) is 19.8 Å². The maximum atomic E-state index is 12.0. The van der Waals surface area contributed by atoms with E-state index in [1.165, 1.54) is 11.8 Å². The number of esters is 1. The van der Waals surface area contributed by atoms with Gasteiger partial charge < -0.3 is 14.2 Å². The summed E-state index contributed by atoms with van der Waals surface area (Å²) in [5, 5.41) is 8.71. The highest BCUT2D eigenvalue weighted by molar-refractivity contribution is 7.99. The molecule has 21 heavy (non-hydrogen) atoms. The largest absolute Gasteiger partial charge is 0.466 e. The Morgan fingerprint density at radius 3 is 2.95 bits per heavy atom. The number of ether oxygens (including phenoxy) is 1. The van der Waals surface area contributed by atoms with Crippen molar-refractivity contribution >= 4 is 23.6 Å². The monoisotopic (exact) mass is 312 g/mol. The molecule has 0 atom stereocenters. The van der Waals surface area contributed by atoms with E-state index < -0.39 is 0 Å². The molecule has 0 saturated heterocycles. The van der Waals surface area contributed by atoms with Gasteiger partial charge in [0.2, 0.25) is 5.91 Å². The number of aromatic nitrogens is 3. The first kappa shape index (κ1) is 15.8. The molecule has 0 aromatic carbocycles. The smallest absolute Gasteiger partial charge is 0.307 e. The van der Waals surface area contributed by atoms with E-state index in [9.17, 15) is 9.59 Å². The van der Waals surface area contributed by atoms with Gasteiger partial charge in [0.05, 0.1) is 18.8 Å². The van der Waals surface area contributed by atoms with Crippen molar-refractivity contribution in [2.24, 2.45) is 0 Å². The third-order valence-corrected chi connectivity index (χ3v) is 4.13. The summed E-state index contributed by atoms with van der Waals surface area (Å²) >= 11 is 1.38. The SMILES string of the molecule is CCOC(=O)CCN(C)C(=O)CSc1nncn1C1CC1. The highest BCUT2D eigenvalue weighted by Crippen LogP contribution is 2.37. The van der Waals surface area contributed by atoms with Crippen LogP contribution in [0.2, 0.25) is 0 Å². The van der Waals surface area contributed by atoms with Gasteiger partial charge in [-0.1, -0.05) is 11.8 Å². The Labute approximate surface area is 128 Å². The van der Waals surface area contributed by atoms with Crippen molar-refractivity contribution < 1.29 is 14.3 Å². The third kappa shape index (κ3) is 4.73. The van der Waals surface area contributed by atoms with Gasteiger partial charge in [0.25, 0.3) is 0 Å². The van der Waals surface area contributed by atoms with Gasteiger partial charge in [-0.3, -0.25) is 9.59 Å². The molecule has 1 aliphatic rings. The molecule has 2 rings (SSSR count). The molecule has 116 valence electrons. The van der Waals surface area contributed by atoms with Crippen LogP contribution in [0.1, 0.15) is 32.2 Å². The van der Waals surface area contributed by atoms with E-state index in [4.69, 9.17) is 4.74 Å². The summed E-state index contributed by atoms with van der Waals surface area (Å²) in [7, 11) is 1.69. The van der Waals surface area contributed by atoms with Crippen LogP contribution in [0.4, 0.5) is 0 Å². The molecule has 7 nitrogen and oxygen atoms in total. The number of amides is 1. The Kier molecular flexibility index (Phi) is 5.60. The van der Waals surface area contributed by atoms with Crippen molar-refractivity contribution in [3.8, 4) is 0 Å². The summed E-state index contributed by atoms with van der Waals surface area (Å²) in [5.74, 6) is -0.0157. The van der Waals surface area contributed by atoms with Crippen LogP contribution in [0, 0.1) is 0 Å². The van der Waals surface area contributed by atoms with Crippen molar-refractivity contribution in [2.45, 2.75) is 37.4 Å². The molecule has 8 heteroatoms. The molecular formula is C13H20N4O3S. The molecule has 0 radical (unpaired) electrons. The summed E-state index contributed by atoms with van der Waals surface area (Å²) in [6.45, 7) is 2.50. The number of hydrogen-bond acceptors (Lipinski definition) is 6. The number of thioether (sulfide) groups is 1. The molecule has 1 heterocycles. The molecule has 1 saturated carbocycles. The van der Waals surface area contributed by atoms with Gasteiger partial charge in [-0.2, -0.15) is 0 Å². The van der Waals surface area contributed by atoms with Gasteiger partial charge >= 0.3 is 5.97 Å². The highest BCUT2D eigenvalue weighted by atomic mass is 32.2. The molecule has 0 bridgehead atoms. The fourth-order valence-corrected chi connectivity index (χ4v) is 2.71. The minimum atomic E-state index is -0.279. The van der Waals surface area contributed by atoms with Crippen LogP contribution in [0.3, 0.4) is 0 Å². The van der Waals surface area contributed by atoms with Crippen LogP contribution in [0.25, 0.3) is 0 Å². The minimum absolute atomic E-state index is 0.0327. The Morgan fingerprint density at radius 1 is 1.52 bits per heavy atom. The number of rotatable bonds is 8. The second kappa shape index (κ2) is 7.44. The van der Waals surface area contributed by atoms with Crippen LogP contribution < -0.4 is 0 Å². The second-order valence-corrected chi connectivity index (χ2v) is 5.85. The Balaban J connectivity index is 1.73. The van der Waals surface area contributed by atoms with E-state index in [0.717, 1.165) is 18.0 Å². The predicted octanol–water partition coefficient (Wildman–Crippen LogP) is 1.12. The zero-order valence-corrected chi connectivity index (χ0v) is 13.1. The lowest BCUT2D eigenvalue weighted by atomic mass is 10.4. The van der Waals surface area contributed by atoms with Crippen molar-refractivity contribution in [1.29, 1.82) is 0 Å². The zero-order valence-electron chi connectivity index (χ0n) is 12.3. The molecule has 0 spiro atoms. The quantitative estimate of drug-likeness (QED) is 0.529. The van der Waals surface area contributed by atoms with Crippen LogP contribution >= 0.6 is 11.8 Å². The average Bonchev–Trinajstić information content (AvgIpc) is 3.21. The number of carbonyl (C=O) groups is 2. The van der Waals surface area contributed by atoms with E-state index in [-0.39, 0.29) is 18.3 Å². The van der Waals surface area contributed by atoms with Crippen molar-refractivity contribution in [3.05, 3.63) is 6.33 Å². The van der Waals surface area contributed by atoms with Crippen molar-refractivity contribution in [1.82, 2.24) is 19.7 Å². The lowest BCUT2D eigenvalue weighted by Gasteiger charge is -2.16. The van der Waals surface area contributed by atoms with E-state index in [1.54, 1.807) is 25.2 Å². The maximum Gasteiger partial charge on any atom is 0.307 e. The van der Waals surface area contributed by atoms with Crippen LogP contribution in [-0.4, -0.2) is 57.5 Å². The number of nitrogens with zero attached hydrogens (tertiary/aromatic N) is 4. The molecule has 1 aromatic rings. The van der Waals surface area contributed by atoms with Crippen molar-refractivity contribution in [3.63, 3.8) is 0 Å². The average molecular weight is 312 g/mol. The number of hydrogen-bond donors (Lipinski definition) is 0. The normalized spacial score (nSPS) is 14.0. The molecular weight excluding hydrogens is 292 g/mol. The zero-order chi connectivity index (χ0) is 15.2. The fraction of sp³-hybridized carbons (Fsp3) is 0.692. The van der Waals surface area contributed by atoms with E-state index in [1.807, 2.05) is 4.57 Å². The van der Waals surface area contributed by atoms with E-state index >= 15 is 0 Å². The van der Waals surface area contributed by atoms with E-state index in [0.29, 0.717) is 24.9 Å². The van der Waals surface area contributed by atoms with Gasteiger partial charge in [0, 0.05) is 19.6 Å². The molecule has 1 amide bonds. The summed E-state index contributed by atoms with van der Waals surface area (Å²) in [5.41, 5.74) is 0. The lowest BCUT2D eigenvalue weighted by Crippen LogP contribution is -2.30. The minimum Gasteiger partial charge on any atom is -0.466 e. The standard InChI is InChI=1S/C13H20N4O3S/c1-3-20-12(19)6-7-16(2)11(18)8-21-13-15-14-9-17(13)10-4-5-10/h9-10H,3-8H2,1-2H3. The van der Waals surface area contributed by atoms with Crippen LogP contribution in [-0.2, 0) is 14.3 Å². The molecule has 1 fully saturated rings. The molecule has 1 aromatic heterocycles. The molecule has 0 N–H and O–H groups in total. The number of carbonyl (C=O) groups excluding carboxylic acids is 2. The lowest BCUT2D eigenvalue weighted by molar-refractivity contribution is -0.143. The topological polar surface area (TPSA) is 77.3 Å². The molecule has 1 aliphatic carbocycles. The van der Waals surface area contributed by atoms with Gasteiger partial charge in [0.1, 0.15) is 6.33 Å². The fourth-order valence-electron chi connectivity index (χ4n) is 1.79. The first-order chi connectivity index (χ1) is 10.1. The molecule has 0 aliphatic heterocycles. The second-order valence-electron chi connectivity index (χ2n) is 4.91. The first-order valence-corrected chi connectivity index (χ1v) is 8.02. The van der Waals surface area contributed by atoms with Crippen LogP contribution in [0.15, 0.2) is 11.5 Å². The Bertz CT molecular complexity index is 501. The third-order valence-electron chi connectivity index (χ3n) is 3.19. The Morgan fingerprint density at radius 2 is 2.29 bits per heavy atom. The summed E-state index contributed by atoms with van der Waals surface area (Å²) in [6, 6.07) is 0.499. The molecule has 0 unspecified atom stereocenters. The van der Waals surface area contributed by atoms with Gasteiger partial charge in [-0.15, -0.1) is 10.2 Å². The summed E-state index contributed by atoms with van der Waals surface area (Å²) in [4.78, 5) is 24.8. The van der Waals surface area contributed by atoms with Gasteiger partial charge in [-0.25, -0.2) is 0 Å².